The summed E-state index contributed by atoms with van der Waals surface area (Å²) in [6.07, 6.45) is -5.34. The first-order chi connectivity index (χ1) is 18.8. The Bertz CT molecular complexity index is 1340. The number of nitrogens with zero attached hydrogens (tertiary/aromatic N) is 1. The van der Waals surface area contributed by atoms with Gasteiger partial charge in [0.15, 0.2) is 17.2 Å². The Balaban J connectivity index is 1.78. The van der Waals surface area contributed by atoms with E-state index < -0.39 is 24.1 Å². The van der Waals surface area contributed by atoms with Crippen LogP contribution in [0.1, 0.15) is 11.1 Å². The Morgan fingerprint density at radius 1 is 0.950 bits per heavy atom. The fourth-order valence-corrected chi connectivity index (χ4v) is 5.70. The highest BCUT2D eigenvalue weighted by Crippen LogP contribution is 2.37. The predicted molar refractivity (Wildman–Crippen MR) is 156 cm³/mol. The van der Waals surface area contributed by atoms with Gasteiger partial charge in [0.05, 0.1) is 21.4 Å². The molecule has 0 bridgehead atoms. The normalized spacial score (nSPS) is 11.9. The van der Waals surface area contributed by atoms with Gasteiger partial charge in [-0.05, 0) is 92.7 Å². The highest BCUT2D eigenvalue weighted by Gasteiger charge is 2.45. The number of likely N-dealkylation sites (N-methyl/N-ethyl adjacent to an activating group) is 1. The van der Waals surface area contributed by atoms with Crippen molar-refractivity contribution in [1.82, 2.24) is 4.90 Å². The summed E-state index contributed by atoms with van der Waals surface area (Å²) in [5, 5.41) is 10.3. The van der Waals surface area contributed by atoms with Crippen LogP contribution >= 0.6 is 45.2 Å². The molecule has 0 radical (unpaired) electrons. The third kappa shape index (κ3) is 8.05. The van der Waals surface area contributed by atoms with Crippen LogP contribution in [0.15, 0.2) is 54.6 Å². The highest BCUT2D eigenvalue weighted by molar-refractivity contribution is 14.1. The van der Waals surface area contributed by atoms with Crippen molar-refractivity contribution in [1.29, 1.82) is 0 Å². The topological polar surface area (TPSA) is 94.5 Å². The van der Waals surface area contributed by atoms with Gasteiger partial charge in [-0.15, -0.1) is 0 Å². The molecule has 0 heterocycles. The summed E-state index contributed by atoms with van der Waals surface area (Å²) in [5.74, 6) is -1.47. The standard InChI is InChI=1S/C27H24F3I2NO7/c1-33(26(36)27(28,29)30)21(25(35)38-3)12-16-10-19(31)24(20(32)11-16)40-18-8-9-22(34)23(13-18)39-14-15-4-6-17(37-2)7-5-15/h4-11,13,21,34H,12,14H2,1-3H3/t21-/m0/s1. The Hall–Kier alpha value is -2.95. The van der Waals surface area contributed by atoms with Crippen LogP contribution in [0.3, 0.4) is 0 Å². The Labute approximate surface area is 255 Å². The fourth-order valence-electron chi connectivity index (χ4n) is 3.58. The van der Waals surface area contributed by atoms with Crippen LogP contribution in [0.4, 0.5) is 13.2 Å². The number of amides is 1. The van der Waals surface area contributed by atoms with Crippen LogP contribution in [-0.4, -0.2) is 55.4 Å². The molecule has 3 aromatic rings. The van der Waals surface area contributed by atoms with Crippen LogP contribution in [0.25, 0.3) is 0 Å². The number of hydrogen-bond donors (Lipinski definition) is 1. The number of benzene rings is 3. The number of halogens is 5. The zero-order valence-electron chi connectivity index (χ0n) is 21.4. The van der Waals surface area contributed by atoms with Crippen LogP contribution in [0, 0.1) is 7.14 Å². The van der Waals surface area contributed by atoms with E-state index in [9.17, 15) is 27.9 Å². The molecule has 1 N–H and O–H groups in total. The Kier molecular flexibility index (Phi) is 10.7. The van der Waals surface area contributed by atoms with Crippen molar-refractivity contribution in [3.63, 3.8) is 0 Å². The Morgan fingerprint density at radius 3 is 2.10 bits per heavy atom. The third-order valence-corrected chi connectivity index (χ3v) is 7.30. The monoisotopic (exact) mass is 785 g/mol. The number of aromatic hydroxyl groups is 1. The molecule has 0 aliphatic rings. The average Bonchev–Trinajstić information content (AvgIpc) is 2.92. The van der Waals surface area contributed by atoms with Gasteiger partial charge in [-0.1, -0.05) is 12.1 Å². The quantitative estimate of drug-likeness (QED) is 0.197. The first-order valence-electron chi connectivity index (χ1n) is 11.5. The van der Waals surface area contributed by atoms with E-state index in [1.165, 1.54) is 12.1 Å². The molecule has 3 aromatic carbocycles. The summed E-state index contributed by atoms with van der Waals surface area (Å²) < 4.78 is 61.7. The van der Waals surface area contributed by atoms with E-state index >= 15 is 0 Å². The summed E-state index contributed by atoms with van der Waals surface area (Å²) in [6, 6.07) is 13.6. The highest BCUT2D eigenvalue weighted by atomic mass is 127. The van der Waals surface area contributed by atoms with Crippen LogP contribution < -0.4 is 14.2 Å². The molecule has 0 aromatic heterocycles. The second-order valence-corrected chi connectivity index (χ2v) is 10.7. The van der Waals surface area contributed by atoms with E-state index in [-0.39, 0.29) is 24.5 Å². The minimum Gasteiger partial charge on any atom is -0.504 e. The SMILES string of the molecule is COC(=O)[C@H](Cc1cc(I)c(Oc2ccc(O)c(OCc3ccc(OC)cc3)c2)c(I)c1)N(C)C(=O)C(F)(F)F. The van der Waals surface area contributed by atoms with Gasteiger partial charge in [0.1, 0.15) is 24.1 Å². The number of alkyl halides is 3. The molecule has 13 heteroatoms. The van der Waals surface area contributed by atoms with Crippen LogP contribution in [0.5, 0.6) is 28.7 Å². The number of ether oxygens (including phenoxy) is 4. The van der Waals surface area contributed by atoms with Crippen LogP contribution in [0.2, 0.25) is 0 Å². The average molecular weight is 785 g/mol. The second kappa shape index (κ2) is 13.6. The zero-order valence-corrected chi connectivity index (χ0v) is 25.7. The molecule has 3 rings (SSSR count). The van der Waals surface area contributed by atoms with Crippen molar-refractivity contribution >= 4 is 57.1 Å². The maximum atomic E-state index is 13.0. The summed E-state index contributed by atoms with van der Waals surface area (Å²) >= 11 is 4.01. The van der Waals surface area contributed by atoms with Gasteiger partial charge < -0.3 is 29.0 Å². The van der Waals surface area contributed by atoms with Gasteiger partial charge in [-0.25, -0.2) is 4.79 Å². The van der Waals surface area contributed by atoms with Gasteiger partial charge in [-0.2, -0.15) is 13.2 Å². The number of rotatable bonds is 10. The van der Waals surface area contributed by atoms with E-state index in [2.05, 4.69) is 4.74 Å². The maximum Gasteiger partial charge on any atom is 0.471 e. The second-order valence-electron chi connectivity index (χ2n) is 8.41. The lowest BCUT2D eigenvalue weighted by Gasteiger charge is -2.27. The van der Waals surface area contributed by atoms with E-state index in [1.54, 1.807) is 37.4 Å². The van der Waals surface area contributed by atoms with E-state index in [0.717, 1.165) is 19.7 Å². The minimum atomic E-state index is -5.14. The molecule has 0 aliphatic carbocycles. The van der Waals surface area contributed by atoms with Crippen molar-refractivity contribution in [2.45, 2.75) is 25.2 Å². The van der Waals surface area contributed by atoms with Crippen molar-refractivity contribution in [2.24, 2.45) is 0 Å². The number of carbonyl (C=O) groups is 2. The molecular formula is C27H24F3I2NO7. The van der Waals surface area contributed by atoms with Crippen LogP contribution in [-0.2, 0) is 27.4 Å². The number of phenolic OH excluding ortho intramolecular Hbond substituents is 1. The fraction of sp³-hybridized carbons (Fsp3) is 0.259. The summed E-state index contributed by atoms with van der Waals surface area (Å²) in [7, 11) is 3.52. The van der Waals surface area contributed by atoms with E-state index in [4.69, 9.17) is 14.2 Å². The lowest BCUT2D eigenvalue weighted by atomic mass is 10.0. The van der Waals surface area contributed by atoms with Gasteiger partial charge in [0, 0.05) is 19.5 Å². The molecule has 0 aliphatic heterocycles. The first-order valence-corrected chi connectivity index (χ1v) is 13.7. The molecule has 0 fully saturated rings. The molecule has 0 unspecified atom stereocenters. The van der Waals surface area contributed by atoms with Crippen molar-refractivity contribution in [3.05, 3.63) is 72.9 Å². The lowest BCUT2D eigenvalue weighted by molar-refractivity contribution is -0.188. The number of phenols is 1. The van der Waals surface area contributed by atoms with E-state index in [0.29, 0.717) is 34.9 Å². The predicted octanol–water partition coefficient (Wildman–Crippen LogP) is 6.09. The molecular weight excluding hydrogens is 761 g/mol. The molecule has 8 nitrogen and oxygen atoms in total. The van der Waals surface area contributed by atoms with Crippen molar-refractivity contribution < 1.29 is 46.8 Å². The molecule has 214 valence electrons. The molecule has 0 saturated heterocycles. The van der Waals surface area contributed by atoms with Gasteiger partial charge in [0.25, 0.3) is 0 Å². The molecule has 1 atom stereocenters. The van der Waals surface area contributed by atoms with Gasteiger partial charge in [-0.3, -0.25) is 4.79 Å². The maximum absolute atomic E-state index is 13.0. The summed E-state index contributed by atoms with van der Waals surface area (Å²) in [4.78, 5) is 24.3. The lowest BCUT2D eigenvalue weighted by Crippen LogP contribution is -2.49. The zero-order chi connectivity index (χ0) is 29.6. The number of esters is 1. The number of methoxy groups -OCH3 is 2. The van der Waals surface area contributed by atoms with Crippen molar-refractivity contribution in [3.8, 4) is 28.7 Å². The van der Waals surface area contributed by atoms with E-state index in [1.807, 2.05) is 57.3 Å². The van der Waals surface area contributed by atoms with Crippen molar-refractivity contribution in [2.75, 3.05) is 21.3 Å². The molecule has 1 amide bonds. The first kappa shape index (κ1) is 31.6. The largest absolute Gasteiger partial charge is 0.504 e. The third-order valence-electron chi connectivity index (χ3n) is 5.70. The molecule has 0 spiro atoms. The smallest absolute Gasteiger partial charge is 0.471 e. The van der Waals surface area contributed by atoms with Gasteiger partial charge in [0.2, 0.25) is 0 Å². The summed E-state index contributed by atoms with van der Waals surface area (Å²) in [5.41, 5.74) is 1.35. The summed E-state index contributed by atoms with van der Waals surface area (Å²) in [6.45, 7) is 0.192. The number of hydrogen-bond acceptors (Lipinski definition) is 7. The van der Waals surface area contributed by atoms with Gasteiger partial charge >= 0.3 is 18.1 Å². The Morgan fingerprint density at radius 2 is 1.55 bits per heavy atom. The molecule has 0 saturated carbocycles. The minimum absolute atomic E-state index is 0.0769. The molecule has 40 heavy (non-hydrogen) atoms. The number of carbonyl (C=O) groups excluding carboxylic acids is 2.